The second-order valence-corrected chi connectivity index (χ2v) is 5.64. The van der Waals surface area contributed by atoms with Gasteiger partial charge in [-0.15, -0.1) is 0 Å². The van der Waals surface area contributed by atoms with Crippen molar-refractivity contribution in [2.75, 3.05) is 13.7 Å². The van der Waals surface area contributed by atoms with Gasteiger partial charge in [0.1, 0.15) is 5.75 Å². The maximum atomic E-state index is 11.8. The molecule has 0 saturated carbocycles. The third-order valence-corrected chi connectivity index (χ3v) is 3.61. The van der Waals surface area contributed by atoms with Crippen molar-refractivity contribution in [1.82, 2.24) is 5.32 Å². The topological polar surface area (TPSA) is 47.6 Å². The highest BCUT2D eigenvalue weighted by Gasteiger charge is 2.05. The SMILES string of the molecule is COCc1ccccc1CNC(=O)COc1ccc(Br)cc1. The molecule has 0 aliphatic carbocycles. The van der Waals surface area contributed by atoms with Crippen LogP contribution in [0.1, 0.15) is 11.1 Å². The summed E-state index contributed by atoms with van der Waals surface area (Å²) in [6, 6.07) is 15.2. The van der Waals surface area contributed by atoms with E-state index in [1.807, 2.05) is 48.5 Å². The standard InChI is InChI=1S/C17H18BrNO3/c1-21-11-14-5-3-2-4-13(14)10-19-17(20)12-22-16-8-6-15(18)7-9-16/h2-9H,10-12H2,1H3,(H,19,20). The number of carbonyl (C=O) groups is 1. The maximum absolute atomic E-state index is 11.8. The Morgan fingerprint density at radius 1 is 1.09 bits per heavy atom. The Morgan fingerprint density at radius 3 is 2.45 bits per heavy atom. The molecule has 0 aliphatic heterocycles. The van der Waals surface area contributed by atoms with Crippen LogP contribution in [-0.2, 0) is 22.7 Å². The summed E-state index contributed by atoms with van der Waals surface area (Å²) in [4.78, 5) is 11.8. The van der Waals surface area contributed by atoms with E-state index in [0.29, 0.717) is 18.9 Å². The summed E-state index contributed by atoms with van der Waals surface area (Å²) in [5, 5.41) is 2.85. The van der Waals surface area contributed by atoms with Crippen LogP contribution in [0.5, 0.6) is 5.75 Å². The van der Waals surface area contributed by atoms with Crippen LogP contribution >= 0.6 is 15.9 Å². The van der Waals surface area contributed by atoms with Crippen LogP contribution in [-0.4, -0.2) is 19.6 Å². The lowest BCUT2D eigenvalue weighted by Crippen LogP contribution is -2.28. The first-order valence-corrected chi connectivity index (χ1v) is 7.69. The molecule has 1 N–H and O–H groups in total. The highest BCUT2D eigenvalue weighted by molar-refractivity contribution is 9.10. The van der Waals surface area contributed by atoms with E-state index in [4.69, 9.17) is 9.47 Å². The van der Waals surface area contributed by atoms with Crippen molar-refractivity contribution < 1.29 is 14.3 Å². The van der Waals surface area contributed by atoms with Crippen molar-refractivity contribution in [2.45, 2.75) is 13.2 Å². The van der Waals surface area contributed by atoms with Gasteiger partial charge >= 0.3 is 0 Å². The molecule has 0 radical (unpaired) electrons. The van der Waals surface area contributed by atoms with Gasteiger partial charge in [0.2, 0.25) is 0 Å². The molecule has 0 heterocycles. The molecule has 0 fully saturated rings. The Labute approximate surface area is 138 Å². The fraction of sp³-hybridized carbons (Fsp3) is 0.235. The van der Waals surface area contributed by atoms with Crippen LogP contribution in [0.15, 0.2) is 53.0 Å². The number of amides is 1. The van der Waals surface area contributed by atoms with Gasteiger partial charge in [-0.05, 0) is 35.4 Å². The normalized spacial score (nSPS) is 10.3. The van der Waals surface area contributed by atoms with Gasteiger partial charge in [0.05, 0.1) is 6.61 Å². The minimum Gasteiger partial charge on any atom is -0.484 e. The van der Waals surface area contributed by atoms with E-state index in [2.05, 4.69) is 21.2 Å². The van der Waals surface area contributed by atoms with Gasteiger partial charge in [-0.2, -0.15) is 0 Å². The van der Waals surface area contributed by atoms with Gasteiger partial charge in [-0.25, -0.2) is 0 Å². The minimum absolute atomic E-state index is 0.00588. The molecule has 0 atom stereocenters. The number of nitrogens with one attached hydrogen (secondary N) is 1. The summed E-state index contributed by atoms with van der Waals surface area (Å²) in [6.45, 7) is 0.984. The molecule has 0 aliphatic rings. The van der Waals surface area contributed by atoms with Gasteiger partial charge in [0, 0.05) is 18.1 Å². The number of ether oxygens (including phenoxy) is 2. The van der Waals surface area contributed by atoms with Crippen LogP contribution < -0.4 is 10.1 Å². The lowest BCUT2D eigenvalue weighted by atomic mass is 10.1. The first kappa shape index (κ1) is 16.5. The summed E-state index contributed by atoms with van der Waals surface area (Å²) in [5.74, 6) is 0.508. The molecule has 5 heteroatoms. The average Bonchev–Trinajstić information content (AvgIpc) is 2.54. The quantitative estimate of drug-likeness (QED) is 0.820. The minimum atomic E-state index is -0.157. The molecule has 2 rings (SSSR count). The number of methoxy groups -OCH3 is 1. The molecule has 1 amide bonds. The lowest BCUT2D eigenvalue weighted by molar-refractivity contribution is -0.123. The zero-order valence-electron chi connectivity index (χ0n) is 12.3. The smallest absolute Gasteiger partial charge is 0.258 e. The molecule has 0 bridgehead atoms. The van der Waals surface area contributed by atoms with Crippen LogP contribution in [0, 0.1) is 0 Å². The number of rotatable bonds is 7. The van der Waals surface area contributed by atoms with Gasteiger partial charge in [-0.3, -0.25) is 4.79 Å². The van der Waals surface area contributed by atoms with Gasteiger partial charge in [-0.1, -0.05) is 40.2 Å². The second kappa shape index (κ2) is 8.56. The molecule has 116 valence electrons. The molecule has 2 aromatic carbocycles. The molecular formula is C17H18BrNO3. The van der Waals surface area contributed by atoms with Crippen molar-refractivity contribution in [1.29, 1.82) is 0 Å². The Kier molecular flexibility index (Phi) is 6.43. The van der Waals surface area contributed by atoms with E-state index in [9.17, 15) is 4.79 Å². The number of benzene rings is 2. The summed E-state index contributed by atoms with van der Waals surface area (Å²) in [7, 11) is 1.65. The van der Waals surface area contributed by atoms with Gasteiger partial charge in [0.25, 0.3) is 5.91 Å². The van der Waals surface area contributed by atoms with Crippen LogP contribution in [0.2, 0.25) is 0 Å². The summed E-state index contributed by atoms with van der Waals surface area (Å²) >= 11 is 3.35. The van der Waals surface area contributed by atoms with E-state index in [-0.39, 0.29) is 12.5 Å². The lowest BCUT2D eigenvalue weighted by Gasteiger charge is -2.11. The van der Waals surface area contributed by atoms with E-state index in [1.54, 1.807) is 7.11 Å². The average molecular weight is 364 g/mol. The molecule has 0 spiro atoms. The Hall–Kier alpha value is -1.85. The molecule has 0 aromatic heterocycles. The Bertz CT molecular complexity index is 614. The molecule has 0 unspecified atom stereocenters. The summed E-state index contributed by atoms with van der Waals surface area (Å²) in [6.07, 6.45) is 0. The summed E-state index contributed by atoms with van der Waals surface area (Å²) in [5.41, 5.74) is 2.11. The number of hydrogen-bond donors (Lipinski definition) is 1. The van der Waals surface area contributed by atoms with E-state index >= 15 is 0 Å². The third kappa shape index (κ3) is 5.16. The predicted molar refractivity (Wildman–Crippen MR) is 88.6 cm³/mol. The monoisotopic (exact) mass is 363 g/mol. The van der Waals surface area contributed by atoms with Crippen LogP contribution in [0.25, 0.3) is 0 Å². The van der Waals surface area contributed by atoms with Gasteiger partial charge < -0.3 is 14.8 Å². The molecular weight excluding hydrogens is 346 g/mol. The molecule has 2 aromatic rings. The molecule has 22 heavy (non-hydrogen) atoms. The highest BCUT2D eigenvalue weighted by atomic mass is 79.9. The number of carbonyl (C=O) groups excluding carboxylic acids is 1. The zero-order valence-corrected chi connectivity index (χ0v) is 13.9. The van der Waals surface area contributed by atoms with E-state index in [1.165, 1.54) is 0 Å². The van der Waals surface area contributed by atoms with Crippen molar-refractivity contribution in [2.24, 2.45) is 0 Å². The largest absolute Gasteiger partial charge is 0.484 e. The number of halogens is 1. The molecule has 4 nitrogen and oxygen atoms in total. The van der Waals surface area contributed by atoms with Crippen LogP contribution in [0.3, 0.4) is 0 Å². The van der Waals surface area contributed by atoms with Crippen molar-refractivity contribution in [3.63, 3.8) is 0 Å². The fourth-order valence-corrected chi connectivity index (χ4v) is 2.22. The third-order valence-electron chi connectivity index (χ3n) is 3.08. The zero-order chi connectivity index (χ0) is 15.8. The van der Waals surface area contributed by atoms with Crippen molar-refractivity contribution in [3.05, 3.63) is 64.1 Å². The van der Waals surface area contributed by atoms with Crippen molar-refractivity contribution in [3.8, 4) is 5.75 Å². The second-order valence-electron chi connectivity index (χ2n) is 4.72. The highest BCUT2D eigenvalue weighted by Crippen LogP contribution is 2.16. The predicted octanol–water partition coefficient (Wildman–Crippen LogP) is 3.29. The summed E-state index contributed by atoms with van der Waals surface area (Å²) < 4.78 is 11.6. The first-order valence-electron chi connectivity index (χ1n) is 6.90. The van der Waals surface area contributed by atoms with E-state index < -0.39 is 0 Å². The van der Waals surface area contributed by atoms with Crippen LogP contribution in [0.4, 0.5) is 0 Å². The number of hydrogen-bond acceptors (Lipinski definition) is 3. The maximum Gasteiger partial charge on any atom is 0.258 e. The fourth-order valence-electron chi connectivity index (χ4n) is 1.95. The van der Waals surface area contributed by atoms with E-state index in [0.717, 1.165) is 15.6 Å². The molecule has 0 saturated heterocycles. The van der Waals surface area contributed by atoms with Gasteiger partial charge in [0.15, 0.2) is 6.61 Å². The van der Waals surface area contributed by atoms with Crippen molar-refractivity contribution >= 4 is 21.8 Å². The Balaban J connectivity index is 1.81. The Morgan fingerprint density at radius 2 is 1.77 bits per heavy atom. The first-order chi connectivity index (χ1) is 10.7.